The van der Waals surface area contributed by atoms with Crippen molar-refractivity contribution in [3.8, 4) is 0 Å². The molecule has 3 unspecified atom stereocenters. The van der Waals surface area contributed by atoms with E-state index in [1.807, 2.05) is 6.92 Å². The summed E-state index contributed by atoms with van der Waals surface area (Å²) in [7, 11) is 0. The minimum atomic E-state index is -2.10. The van der Waals surface area contributed by atoms with Crippen LogP contribution in [0.1, 0.15) is 58.3 Å². The van der Waals surface area contributed by atoms with Crippen LogP contribution in [0.25, 0.3) is 0 Å². The number of nitrogens with zero attached hydrogens (tertiary/aromatic N) is 1. The fourth-order valence-electron chi connectivity index (χ4n) is 4.33. The third-order valence-electron chi connectivity index (χ3n) is 5.45. The third-order valence-corrected chi connectivity index (χ3v) is 8.77. The molecular formula is C15H33ClIN5. The molecule has 2 aliphatic rings. The summed E-state index contributed by atoms with van der Waals surface area (Å²) in [5, 5.41) is 0.344. The Kier molecular flexibility index (Phi) is 7.64. The summed E-state index contributed by atoms with van der Waals surface area (Å²) in [5.41, 5.74) is 12.9. The predicted octanol–water partition coefficient (Wildman–Crippen LogP) is 2.45. The van der Waals surface area contributed by atoms with Crippen molar-refractivity contribution in [2.24, 2.45) is 31.2 Å². The summed E-state index contributed by atoms with van der Waals surface area (Å²) in [6.45, 7) is 2.00. The maximum absolute atomic E-state index is 6.72. The quantitative estimate of drug-likeness (QED) is 0.225. The van der Waals surface area contributed by atoms with Crippen LogP contribution in [0, 0.1) is 11.8 Å². The van der Waals surface area contributed by atoms with Gasteiger partial charge in [-0.05, 0) is 0 Å². The number of hydrogen-bond donors (Lipinski definition) is 4. The Hall–Kier alpha value is 0.820. The van der Waals surface area contributed by atoms with E-state index >= 15 is 0 Å². The van der Waals surface area contributed by atoms with Crippen molar-refractivity contribution < 1.29 is 0 Å². The van der Waals surface area contributed by atoms with Crippen molar-refractivity contribution in [1.29, 1.82) is 0 Å². The van der Waals surface area contributed by atoms with Gasteiger partial charge in [0.05, 0.1) is 0 Å². The predicted molar refractivity (Wildman–Crippen MR) is 103 cm³/mol. The van der Waals surface area contributed by atoms with Crippen LogP contribution in [-0.2, 0) is 0 Å². The van der Waals surface area contributed by atoms with Gasteiger partial charge < -0.3 is 0 Å². The van der Waals surface area contributed by atoms with Gasteiger partial charge in [-0.15, -0.1) is 0 Å². The molecule has 8 N–H and O–H groups in total. The standard InChI is InChI=1S/C15H33ClIN5/c1-10(18)22(17(20)21)14-5-3-2-4-13(14)15(19)11-6-8-12(16)9-7-11/h10-15H,2-9,18-21H2,1H3/t10?,11?,12?,13-,14?,15?/m1/s1. The minimum absolute atomic E-state index is 0.0726. The molecule has 0 aromatic carbocycles. The Bertz CT molecular complexity index is 328. The molecule has 0 aliphatic heterocycles. The first-order valence-corrected chi connectivity index (χ1v) is 12.4. The fraction of sp³-hybridized carbons (Fsp3) is 1.00. The first kappa shape index (κ1) is 19.1. The molecule has 0 heterocycles. The van der Waals surface area contributed by atoms with Gasteiger partial charge >= 0.3 is 148 Å². The summed E-state index contributed by atoms with van der Waals surface area (Å²) in [5.74, 6) is 1.07. The molecule has 7 heteroatoms. The van der Waals surface area contributed by atoms with Crippen molar-refractivity contribution in [2.75, 3.05) is 0 Å². The molecule has 2 saturated carbocycles. The normalized spacial score (nSPS) is 37.0. The number of alkyl halides is 1. The van der Waals surface area contributed by atoms with E-state index in [1.54, 1.807) is 0 Å². The van der Waals surface area contributed by atoms with Crippen molar-refractivity contribution in [2.45, 2.75) is 81.9 Å². The Balaban J connectivity index is 2.08. The molecule has 0 saturated heterocycles. The van der Waals surface area contributed by atoms with E-state index in [0.717, 1.165) is 32.1 Å². The van der Waals surface area contributed by atoms with E-state index in [2.05, 4.69) is 3.11 Å². The Morgan fingerprint density at radius 3 is 2.14 bits per heavy atom. The molecule has 2 aliphatic carbocycles. The van der Waals surface area contributed by atoms with E-state index in [-0.39, 0.29) is 12.2 Å². The van der Waals surface area contributed by atoms with E-state index < -0.39 is 20.6 Å². The van der Waals surface area contributed by atoms with Gasteiger partial charge in [0.25, 0.3) is 0 Å². The van der Waals surface area contributed by atoms with E-state index in [0.29, 0.717) is 23.3 Å². The van der Waals surface area contributed by atoms with Crippen molar-refractivity contribution >= 4 is 32.2 Å². The van der Waals surface area contributed by atoms with Crippen LogP contribution >= 0.6 is 32.2 Å². The summed E-state index contributed by atoms with van der Waals surface area (Å²) < 4.78 is 14.5. The van der Waals surface area contributed by atoms with Crippen LogP contribution < -0.4 is 19.4 Å². The van der Waals surface area contributed by atoms with E-state index in [1.165, 1.54) is 19.3 Å². The second-order valence-corrected chi connectivity index (χ2v) is 10.6. The zero-order chi connectivity index (χ0) is 16.3. The first-order chi connectivity index (χ1) is 10.4. The topological polar surface area (TPSA) is 107 Å². The molecule has 0 aromatic rings. The molecule has 2 rings (SSSR count). The summed E-state index contributed by atoms with van der Waals surface area (Å²) in [6.07, 6.45) is 9.24. The zero-order valence-corrected chi connectivity index (χ0v) is 16.5. The Morgan fingerprint density at radius 2 is 1.59 bits per heavy atom. The van der Waals surface area contributed by atoms with Crippen LogP contribution in [0.5, 0.6) is 0 Å². The molecular weight excluding hydrogens is 413 g/mol. The number of halogens is 2. The summed E-state index contributed by atoms with van der Waals surface area (Å²) in [4.78, 5) is 0. The van der Waals surface area contributed by atoms with Crippen LogP contribution in [0.3, 0.4) is 0 Å². The number of nitrogens with two attached hydrogens (primary N) is 4. The van der Waals surface area contributed by atoms with Gasteiger partial charge in [0.15, 0.2) is 0 Å². The van der Waals surface area contributed by atoms with Crippen molar-refractivity contribution in [3.05, 3.63) is 0 Å². The van der Waals surface area contributed by atoms with Gasteiger partial charge in [0.1, 0.15) is 0 Å². The zero-order valence-electron chi connectivity index (χ0n) is 13.6. The molecule has 0 spiro atoms. The van der Waals surface area contributed by atoms with Gasteiger partial charge in [0.2, 0.25) is 0 Å². The van der Waals surface area contributed by atoms with Gasteiger partial charge in [-0.1, -0.05) is 0 Å². The second-order valence-electron chi connectivity index (χ2n) is 7.01. The molecule has 132 valence electrons. The molecule has 4 atom stereocenters. The Labute approximate surface area is 148 Å². The average molecular weight is 446 g/mol. The van der Waals surface area contributed by atoms with Crippen LogP contribution in [0.4, 0.5) is 0 Å². The van der Waals surface area contributed by atoms with Crippen molar-refractivity contribution in [1.82, 2.24) is 3.11 Å². The molecule has 0 aromatic heterocycles. The average Bonchev–Trinajstić information content (AvgIpc) is 2.47. The van der Waals surface area contributed by atoms with Gasteiger partial charge in [-0.2, -0.15) is 0 Å². The van der Waals surface area contributed by atoms with Crippen LogP contribution in [0.2, 0.25) is 0 Å². The molecule has 0 radical (unpaired) electrons. The van der Waals surface area contributed by atoms with Gasteiger partial charge in [-0.25, -0.2) is 0 Å². The van der Waals surface area contributed by atoms with Gasteiger partial charge in [0, 0.05) is 0 Å². The molecule has 5 nitrogen and oxygen atoms in total. The summed E-state index contributed by atoms with van der Waals surface area (Å²) >= 11 is 4.15. The number of hydrogen-bond acceptors (Lipinski definition) is 5. The molecule has 2 fully saturated rings. The molecule has 22 heavy (non-hydrogen) atoms. The SMILES string of the molecule is CC(N)N(C1CCCC[C@H]1C(N)C1CCC(Cl)CC1)I(N)N. The van der Waals surface area contributed by atoms with E-state index in [9.17, 15) is 0 Å². The monoisotopic (exact) mass is 445 g/mol. The van der Waals surface area contributed by atoms with Gasteiger partial charge in [-0.3, -0.25) is 0 Å². The fourth-order valence-corrected chi connectivity index (χ4v) is 7.12. The van der Waals surface area contributed by atoms with Crippen LogP contribution in [0.15, 0.2) is 0 Å². The Morgan fingerprint density at radius 1 is 1.00 bits per heavy atom. The van der Waals surface area contributed by atoms with Crippen molar-refractivity contribution in [3.63, 3.8) is 0 Å². The number of rotatable bonds is 5. The third kappa shape index (κ3) is 4.68. The summed E-state index contributed by atoms with van der Waals surface area (Å²) in [6, 6.07) is 0.601. The molecule has 0 amide bonds. The van der Waals surface area contributed by atoms with Crippen LogP contribution in [-0.4, -0.2) is 26.7 Å². The second kappa shape index (κ2) is 8.78. The van der Waals surface area contributed by atoms with E-state index in [4.69, 9.17) is 31.0 Å². The molecule has 0 bridgehead atoms. The maximum atomic E-state index is 6.72. The first-order valence-electron chi connectivity index (χ1n) is 8.53.